The summed E-state index contributed by atoms with van der Waals surface area (Å²) in [5.74, 6) is 0.988. The summed E-state index contributed by atoms with van der Waals surface area (Å²) in [7, 11) is 0. The van der Waals surface area contributed by atoms with Crippen molar-refractivity contribution in [3.63, 3.8) is 0 Å². The van der Waals surface area contributed by atoms with Gasteiger partial charge in [-0.1, -0.05) is 6.42 Å². The van der Waals surface area contributed by atoms with Crippen molar-refractivity contribution in [2.24, 2.45) is 11.3 Å². The van der Waals surface area contributed by atoms with E-state index in [1.165, 1.54) is 19.3 Å². The van der Waals surface area contributed by atoms with Gasteiger partial charge < -0.3 is 14.5 Å². The minimum absolute atomic E-state index is 0.0638. The zero-order chi connectivity index (χ0) is 15.7. The van der Waals surface area contributed by atoms with Crippen molar-refractivity contribution in [3.8, 4) is 0 Å². The SMILES string of the molecule is CC(C)N1CC2(CCN(C(=O)CC3CCC3)C2)COCC1=O. The number of rotatable bonds is 3. The first-order valence-corrected chi connectivity index (χ1v) is 8.64. The predicted octanol–water partition coefficient (Wildman–Crippen LogP) is 1.66. The van der Waals surface area contributed by atoms with Crippen molar-refractivity contribution in [2.45, 2.75) is 52.0 Å². The minimum Gasteiger partial charge on any atom is -0.371 e. The van der Waals surface area contributed by atoms with E-state index >= 15 is 0 Å². The van der Waals surface area contributed by atoms with Crippen LogP contribution >= 0.6 is 0 Å². The number of carbonyl (C=O) groups excluding carboxylic acids is 2. The van der Waals surface area contributed by atoms with Crippen molar-refractivity contribution in [1.29, 1.82) is 0 Å². The smallest absolute Gasteiger partial charge is 0.248 e. The fraction of sp³-hybridized carbons (Fsp3) is 0.882. The van der Waals surface area contributed by atoms with Crippen molar-refractivity contribution < 1.29 is 14.3 Å². The molecule has 0 radical (unpaired) electrons. The van der Waals surface area contributed by atoms with Crippen molar-refractivity contribution in [1.82, 2.24) is 9.80 Å². The first-order chi connectivity index (χ1) is 10.5. The second-order valence-electron chi connectivity index (χ2n) is 7.67. The van der Waals surface area contributed by atoms with Crippen molar-refractivity contribution >= 4 is 11.8 Å². The molecule has 0 bridgehead atoms. The number of amides is 2. The van der Waals surface area contributed by atoms with Gasteiger partial charge in [-0.05, 0) is 39.0 Å². The van der Waals surface area contributed by atoms with Gasteiger partial charge in [-0.15, -0.1) is 0 Å². The third-order valence-electron chi connectivity index (χ3n) is 5.56. The van der Waals surface area contributed by atoms with E-state index in [9.17, 15) is 9.59 Å². The van der Waals surface area contributed by atoms with Crippen LogP contribution in [0.15, 0.2) is 0 Å². The monoisotopic (exact) mass is 308 g/mol. The summed E-state index contributed by atoms with van der Waals surface area (Å²) < 4.78 is 5.64. The second-order valence-corrected chi connectivity index (χ2v) is 7.67. The molecule has 3 aliphatic rings. The molecule has 124 valence electrons. The molecule has 1 spiro atoms. The molecule has 0 aromatic heterocycles. The molecular weight excluding hydrogens is 280 g/mol. The molecule has 0 N–H and O–H groups in total. The van der Waals surface area contributed by atoms with E-state index in [2.05, 4.69) is 0 Å². The van der Waals surface area contributed by atoms with Gasteiger partial charge in [0.25, 0.3) is 0 Å². The Kier molecular flexibility index (Phi) is 4.44. The molecule has 0 aromatic rings. The fourth-order valence-corrected chi connectivity index (χ4v) is 3.87. The van der Waals surface area contributed by atoms with Crippen LogP contribution in [0.3, 0.4) is 0 Å². The summed E-state index contributed by atoms with van der Waals surface area (Å²) in [4.78, 5) is 28.5. The highest BCUT2D eigenvalue weighted by atomic mass is 16.5. The molecule has 2 heterocycles. The molecule has 2 aliphatic heterocycles. The summed E-state index contributed by atoms with van der Waals surface area (Å²) in [6, 6.07) is 0.186. The fourth-order valence-electron chi connectivity index (χ4n) is 3.87. The standard InChI is InChI=1S/C17H28N2O3/c1-13(2)19-11-17(12-22-9-16(19)21)6-7-18(10-17)15(20)8-14-4-3-5-14/h13-14H,3-12H2,1-2H3. The van der Waals surface area contributed by atoms with E-state index in [0.717, 1.165) is 26.1 Å². The van der Waals surface area contributed by atoms with Gasteiger partial charge in [0.05, 0.1) is 6.61 Å². The maximum atomic E-state index is 12.4. The quantitative estimate of drug-likeness (QED) is 0.797. The van der Waals surface area contributed by atoms with Gasteiger partial charge in [-0.2, -0.15) is 0 Å². The maximum Gasteiger partial charge on any atom is 0.248 e. The molecule has 3 fully saturated rings. The Morgan fingerprint density at radius 1 is 1.36 bits per heavy atom. The van der Waals surface area contributed by atoms with Crippen LogP contribution in [0.25, 0.3) is 0 Å². The van der Waals surface area contributed by atoms with Gasteiger partial charge in [-0.3, -0.25) is 9.59 Å². The average Bonchev–Trinajstić information content (AvgIpc) is 2.76. The average molecular weight is 308 g/mol. The van der Waals surface area contributed by atoms with Gasteiger partial charge in [0.1, 0.15) is 6.61 Å². The Balaban J connectivity index is 1.63. The molecule has 1 aliphatic carbocycles. The van der Waals surface area contributed by atoms with Crippen LogP contribution in [0, 0.1) is 11.3 Å². The molecule has 3 rings (SSSR count). The predicted molar refractivity (Wildman–Crippen MR) is 83.3 cm³/mol. The Hall–Kier alpha value is -1.10. The second kappa shape index (κ2) is 6.19. The van der Waals surface area contributed by atoms with E-state index in [0.29, 0.717) is 24.9 Å². The highest BCUT2D eigenvalue weighted by Gasteiger charge is 2.44. The zero-order valence-corrected chi connectivity index (χ0v) is 13.8. The number of hydrogen-bond donors (Lipinski definition) is 0. The number of likely N-dealkylation sites (tertiary alicyclic amines) is 1. The summed E-state index contributed by atoms with van der Waals surface area (Å²) in [6.45, 7) is 7.14. The highest BCUT2D eigenvalue weighted by Crippen LogP contribution is 2.36. The normalized spacial score (nSPS) is 30.0. The number of carbonyl (C=O) groups is 2. The largest absolute Gasteiger partial charge is 0.371 e. The Labute approximate surface area is 133 Å². The molecule has 1 saturated carbocycles. The summed E-state index contributed by atoms with van der Waals surface area (Å²) in [5.41, 5.74) is -0.0638. The molecule has 2 amide bonds. The number of ether oxygens (including phenoxy) is 1. The van der Waals surface area contributed by atoms with Gasteiger partial charge in [0, 0.05) is 37.5 Å². The van der Waals surface area contributed by atoms with Crippen LogP contribution in [-0.4, -0.2) is 60.5 Å². The van der Waals surface area contributed by atoms with Crippen molar-refractivity contribution in [3.05, 3.63) is 0 Å². The Morgan fingerprint density at radius 3 is 2.77 bits per heavy atom. The number of hydrogen-bond acceptors (Lipinski definition) is 3. The van der Waals surface area contributed by atoms with Gasteiger partial charge >= 0.3 is 0 Å². The topological polar surface area (TPSA) is 49.9 Å². The van der Waals surface area contributed by atoms with E-state index in [-0.39, 0.29) is 24.0 Å². The summed E-state index contributed by atoms with van der Waals surface area (Å²) in [6.07, 6.45) is 5.36. The van der Waals surface area contributed by atoms with E-state index in [1.807, 2.05) is 23.6 Å². The lowest BCUT2D eigenvalue weighted by atomic mass is 9.82. The molecule has 1 atom stereocenters. The highest BCUT2D eigenvalue weighted by molar-refractivity contribution is 5.78. The molecular formula is C17H28N2O3. The van der Waals surface area contributed by atoms with Crippen LogP contribution in [0.4, 0.5) is 0 Å². The van der Waals surface area contributed by atoms with E-state index in [4.69, 9.17) is 4.74 Å². The molecule has 5 nitrogen and oxygen atoms in total. The summed E-state index contributed by atoms with van der Waals surface area (Å²) >= 11 is 0. The van der Waals surface area contributed by atoms with Crippen LogP contribution in [0.1, 0.15) is 46.0 Å². The third-order valence-corrected chi connectivity index (χ3v) is 5.56. The van der Waals surface area contributed by atoms with Gasteiger partial charge in [-0.25, -0.2) is 0 Å². The molecule has 0 aromatic carbocycles. The minimum atomic E-state index is -0.0638. The van der Waals surface area contributed by atoms with Gasteiger partial charge in [0.15, 0.2) is 0 Å². The lowest BCUT2D eigenvalue weighted by Gasteiger charge is -2.34. The Bertz CT molecular complexity index is 447. The third kappa shape index (κ3) is 3.14. The number of nitrogens with zero attached hydrogens (tertiary/aromatic N) is 2. The molecule has 22 heavy (non-hydrogen) atoms. The maximum absolute atomic E-state index is 12.4. The van der Waals surface area contributed by atoms with E-state index in [1.54, 1.807) is 0 Å². The summed E-state index contributed by atoms with van der Waals surface area (Å²) in [5, 5.41) is 0. The van der Waals surface area contributed by atoms with Crippen LogP contribution in [0.5, 0.6) is 0 Å². The van der Waals surface area contributed by atoms with E-state index < -0.39 is 0 Å². The lowest BCUT2D eigenvalue weighted by molar-refractivity contribution is -0.135. The molecule has 5 heteroatoms. The Morgan fingerprint density at radius 2 is 2.14 bits per heavy atom. The van der Waals surface area contributed by atoms with Gasteiger partial charge in [0.2, 0.25) is 11.8 Å². The lowest BCUT2D eigenvalue weighted by Crippen LogP contribution is -2.46. The zero-order valence-electron chi connectivity index (χ0n) is 13.8. The molecule has 2 saturated heterocycles. The van der Waals surface area contributed by atoms with Crippen LogP contribution in [0.2, 0.25) is 0 Å². The van der Waals surface area contributed by atoms with Crippen molar-refractivity contribution in [2.75, 3.05) is 32.8 Å². The first-order valence-electron chi connectivity index (χ1n) is 8.64. The van der Waals surface area contributed by atoms with Crippen LogP contribution in [-0.2, 0) is 14.3 Å². The molecule has 1 unspecified atom stereocenters. The first kappa shape index (κ1) is 15.8. The van der Waals surface area contributed by atoms with Crippen LogP contribution < -0.4 is 0 Å².